The quantitative estimate of drug-likeness (QED) is 0.659. The number of fused-ring (bicyclic) bond motifs is 1. The smallest absolute Gasteiger partial charge is 0.00397 e. The predicted octanol–water partition coefficient (Wildman–Crippen LogP) is 2.84. The van der Waals surface area contributed by atoms with Gasteiger partial charge in [-0.3, -0.25) is 0 Å². The summed E-state index contributed by atoms with van der Waals surface area (Å²) >= 11 is 0. The molecular formula is C16H21N. The molecule has 2 fully saturated rings. The zero-order valence-corrected chi connectivity index (χ0v) is 10.7. The number of benzene rings is 1. The summed E-state index contributed by atoms with van der Waals surface area (Å²) in [5.74, 6) is 1.85. The minimum Gasteiger partial charge on any atom is -0.306 e. The number of rotatable bonds is 0. The minimum atomic E-state index is 0.573. The standard InChI is InChI=1S/C16H21N/c1-17-10-13-6-7-14(11-17)16(13)9-8-12-4-2-3-5-15(12)16/h2-5,13-14H,6-11H2,1H3. The van der Waals surface area contributed by atoms with Crippen molar-refractivity contribution in [2.75, 3.05) is 20.1 Å². The number of likely N-dealkylation sites (tertiary alicyclic amines) is 1. The molecule has 0 radical (unpaired) electrons. The van der Waals surface area contributed by atoms with Crippen LogP contribution in [0.5, 0.6) is 0 Å². The van der Waals surface area contributed by atoms with Crippen LogP contribution in [-0.2, 0) is 11.8 Å². The highest BCUT2D eigenvalue weighted by Crippen LogP contribution is 2.58. The van der Waals surface area contributed by atoms with Crippen molar-refractivity contribution in [1.29, 1.82) is 0 Å². The first-order chi connectivity index (χ1) is 8.30. The Labute approximate surface area is 104 Å². The lowest BCUT2D eigenvalue weighted by Gasteiger charge is -2.45. The van der Waals surface area contributed by atoms with Gasteiger partial charge in [0.2, 0.25) is 0 Å². The lowest BCUT2D eigenvalue weighted by Crippen LogP contribution is -2.49. The van der Waals surface area contributed by atoms with Crippen LogP contribution in [0.2, 0.25) is 0 Å². The Morgan fingerprint density at radius 3 is 2.59 bits per heavy atom. The maximum Gasteiger partial charge on any atom is 0.00397 e. The van der Waals surface area contributed by atoms with E-state index in [9.17, 15) is 0 Å². The van der Waals surface area contributed by atoms with Gasteiger partial charge >= 0.3 is 0 Å². The Morgan fingerprint density at radius 1 is 1.12 bits per heavy atom. The Morgan fingerprint density at radius 2 is 1.82 bits per heavy atom. The van der Waals surface area contributed by atoms with Crippen LogP contribution in [-0.4, -0.2) is 25.0 Å². The third-order valence-electron chi connectivity index (χ3n) is 5.71. The first kappa shape index (κ1) is 10.1. The SMILES string of the molecule is CN1CC2CCC(C1)C21CCc2ccccc21. The summed E-state index contributed by atoms with van der Waals surface area (Å²) in [5, 5.41) is 0. The summed E-state index contributed by atoms with van der Waals surface area (Å²) in [5.41, 5.74) is 3.94. The Hall–Kier alpha value is -0.820. The van der Waals surface area contributed by atoms with Crippen molar-refractivity contribution in [3.63, 3.8) is 0 Å². The second-order valence-electron chi connectivity index (χ2n) is 6.39. The van der Waals surface area contributed by atoms with Crippen molar-refractivity contribution in [2.24, 2.45) is 11.8 Å². The van der Waals surface area contributed by atoms with Crippen LogP contribution >= 0.6 is 0 Å². The first-order valence-electron chi connectivity index (χ1n) is 7.07. The van der Waals surface area contributed by atoms with E-state index in [1.54, 1.807) is 11.1 Å². The number of hydrogen-bond acceptors (Lipinski definition) is 1. The van der Waals surface area contributed by atoms with E-state index < -0.39 is 0 Å². The lowest BCUT2D eigenvalue weighted by molar-refractivity contribution is 0.0982. The van der Waals surface area contributed by atoms with Crippen LogP contribution in [0.25, 0.3) is 0 Å². The summed E-state index contributed by atoms with van der Waals surface area (Å²) in [4.78, 5) is 2.56. The summed E-state index contributed by atoms with van der Waals surface area (Å²) in [6.07, 6.45) is 5.68. The Balaban J connectivity index is 1.85. The number of hydrogen-bond donors (Lipinski definition) is 0. The van der Waals surface area contributed by atoms with Crippen LogP contribution in [0.15, 0.2) is 24.3 Å². The molecule has 4 rings (SSSR count). The fourth-order valence-electron chi connectivity index (χ4n) is 5.10. The van der Waals surface area contributed by atoms with Crippen molar-refractivity contribution >= 4 is 0 Å². The highest BCUT2D eigenvalue weighted by molar-refractivity contribution is 5.42. The molecule has 1 saturated carbocycles. The van der Waals surface area contributed by atoms with Gasteiger partial charge in [0.1, 0.15) is 0 Å². The zero-order valence-electron chi connectivity index (χ0n) is 10.7. The number of nitrogens with zero attached hydrogens (tertiary/aromatic N) is 1. The van der Waals surface area contributed by atoms with Crippen molar-refractivity contribution in [3.05, 3.63) is 35.4 Å². The van der Waals surface area contributed by atoms with Crippen LogP contribution in [0.4, 0.5) is 0 Å². The minimum absolute atomic E-state index is 0.573. The molecule has 0 aromatic heterocycles. The molecule has 1 nitrogen and oxygen atoms in total. The van der Waals surface area contributed by atoms with E-state index >= 15 is 0 Å². The average Bonchev–Trinajstić information content (AvgIpc) is 2.80. The van der Waals surface area contributed by atoms with Gasteiger partial charge in [-0.15, -0.1) is 0 Å². The van der Waals surface area contributed by atoms with Gasteiger partial charge in [0, 0.05) is 18.5 Å². The molecule has 2 bridgehead atoms. The second-order valence-corrected chi connectivity index (χ2v) is 6.39. The Kier molecular flexibility index (Phi) is 2.00. The molecule has 1 aromatic carbocycles. The van der Waals surface area contributed by atoms with Gasteiger partial charge in [-0.25, -0.2) is 0 Å². The predicted molar refractivity (Wildman–Crippen MR) is 70.2 cm³/mol. The molecule has 17 heavy (non-hydrogen) atoms. The highest BCUT2D eigenvalue weighted by atomic mass is 15.1. The van der Waals surface area contributed by atoms with Gasteiger partial charge < -0.3 is 4.90 Å². The molecule has 1 spiro atoms. The van der Waals surface area contributed by atoms with Crippen molar-refractivity contribution in [1.82, 2.24) is 4.90 Å². The van der Waals surface area contributed by atoms with Gasteiger partial charge in [-0.05, 0) is 55.7 Å². The summed E-state index contributed by atoms with van der Waals surface area (Å²) in [6, 6.07) is 9.26. The van der Waals surface area contributed by atoms with Crippen LogP contribution < -0.4 is 0 Å². The molecule has 0 amide bonds. The molecule has 2 unspecified atom stereocenters. The summed E-state index contributed by atoms with van der Waals surface area (Å²) in [7, 11) is 2.30. The molecule has 2 atom stereocenters. The molecular weight excluding hydrogens is 206 g/mol. The van der Waals surface area contributed by atoms with E-state index in [1.807, 2.05) is 0 Å². The van der Waals surface area contributed by atoms with Crippen LogP contribution in [0.3, 0.4) is 0 Å². The Bertz CT molecular complexity index is 437. The van der Waals surface area contributed by atoms with E-state index in [4.69, 9.17) is 0 Å². The van der Waals surface area contributed by atoms with Crippen molar-refractivity contribution in [3.8, 4) is 0 Å². The molecule has 1 aromatic rings. The van der Waals surface area contributed by atoms with E-state index in [0.29, 0.717) is 5.41 Å². The van der Waals surface area contributed by atoms with Gasteiger partial charge in [-0.1, -0.05) is 24.3 Å². The molecule has 2 aliphatic carbocycles. The fraction of sp³-hybridized carbons (Fsp3) is 0.625. The molecule has 1 heterocycles. The third kappa shape index (κ3) is 1.18. The van der Waals surface area contributed by atoms with Gasteiger partial charge in [0.05, 0.1) is 0 Å². The van der Waals surface area contributed by atoms with Crippen molar-refractivity contribution in [2.45, 2.75) is 31.1 Å². The summed E-state index contributed by atoms with van der Waals surface area (Å²) < 4.78 is 0. The third-order valence-corrected chi connectivity index (χ3v) is 5.71. The highest BCUT2D eigenvalue weighted by Gasteiger charge is 2.56. The largest absolute Gasteiger partial charge is 0.306 e. The molecule has 1 saturated heterocycles. The monoisotopic (exact) mass is 227 g/mol. The average molecular weight is 227 g/mol. The lowest BCUT2D eigenvalue weighted by atomic mass is 9.65. The zero-order chi connectivity index (χ0) is 11.5. The van der Waals surface area contributed by atoms with E-state index in [1.165, 1.54) is 38.8 Å². The van der Waals surface area contributed by atoms with Crippen molar-refractivity contribution < 1.29 is 0 Å². The van der Waals surface area contributed by atoms with E-state index in [-0.39, 0.29) is 0 Å². The molecule has 1 aliphatic heterocycles. The maximum atomic E-state index is 2.56. The number of aryl methyl sites for hydroxylation is 1. The molecule has 1 heteroatoms. The molecule has 3 aliphatic rings. The normalized spacial score (nSPS) is 39.8. The van der Waals surface area contributed by atoms with Crippen LogP contribution in [0, 0.1) is 11.8 Å². The first-order valence-corrected chi connectivity index (χ1v) is 7.07. The maximum absolute atomic E-state index is 2.56. The molecule has 90 valence electrons. The topological polar surface area (TPSA) is 3.24 Å². The fourth-order valence-corrected chi connectivity index (χ4v) is 5.10. The van der Waals surface area contributed by atoms with Gasteiger partial charge in [-0.2, -0.15) is 0 Å². The van der Waals surface area contributed by atoms with E-state index in [0.717, 1.165) is 11.8 Å². The van der Waals surface area contributed by atoms with E-state index in [2.05, 4.69) is 36.2 Å². The van der Waals surface area contributed by atoms with Gasteiger partial charge in [0.15, 0.2) is 0 Å². The second kappa shape index (κ2) is 3.35. The summed E-state index contributed by atoms with van der Waals surface area (Å²) in [6.45, 7) is 2.65. The van der Waals surface area contributed by atoms with Crippen LogP contribution in [0.1, 0.15) is 30.4 Å². The molecule has 0 N–H and O–H groups in total. The van der Waals surface area contributed by atoms with Gasteiger partial charge in [0.25, 0.3) is 0 Å². The number of piperidine rings is 1.